The van der Waals surface area contributed by atoms with Crippen LogP contribution >= 0.6 is 0 Å². The molecule has 7 heteroatoms. The molecule has 0 unspecified atom stereocenters. The highest BCUT2D eigenvalue weighted by Crippen LogP contribution is 2.22. The highest BCUT2D eigenvalue weighted by atomic mass is 19.1. The zero-order chi connectivity index (χ0) is 15.6. The summed E-state index contributed by atoms with van der Waals surface area (Å²) in [6.07, 6.45) is 0. The molecule has 0 aromatic heterocycles. The molecule has 2 aromatic carbocycles. The summed E-state index contributed by atoms with van der Waals surface area (Å²) in [5.41, 5.74) is 5.89. The van der Waals surface area contributed by atoms with Crippen LogP contribution in [0.15, 0.2) is 36.4 Å². The molecule has 0 saturated heterocycles. The molecule has 21 heavy (non-hydrogen) atoms. The zero-order valence-corrected chi connectivity index (χ0v) is 11.1. The molecule has 0 aliphatic heterocycles. The van der Waals surface area contributed by atoms with E-state index in [-0.39, 0.29) is 22.6 Å². The maximum atomic E-state index is 13.1. The predicted molar refractivity (Wildman–Crippen MR) is 76.6 cm³/mol. The summed E-state index contributed by atoms with van der Waals surface area (Å²) < 4.78 is 13.1. The first-order chi connectivity index (χ1) is 9.88. The number of nitrogens with two attached hydrogens (primary N) is 1. The molecule has 6 nitrogen and oxygen atoms in total. The Kier molecular flexibility index (Phi) is 3.84. The minimum Gasteiger partial charge on any atom is -0.396 e. The van der Waals surface area contributed by atoms with Crippen LogP contribution in [0.25, 0.3) is 0 Å². The number of nitro groups is 1. The Morgan fingerprint density at radius 2 is 2.00 bits per heavy atom. The number of nitrogen functional groups attached to an aromatic ring is 1. The van der Waals surface area contributed by atoms with Gasteiger partial charge in [-0.2, -0.15) is 0 Å². The third-order valence-corrected chi connectivity index (χ3v) is 2.85. The van der Waals surface area contributed by atoms with E-state index < -0.39 is 16.6 Å². The standard InChI is InChI=1S/C14H12FN3O3/c1-8-2-5-13(18(20)21)10(6-8)14(19)17-9-3-4-11(15)12(16)7-9/h2-7H,16H2,1H3,(H,17,19). The van der Waals surface area contributed by atoms with Gasteiger partial charge in [-0.3, -0.25) is 14.9 Å². The molecule has 3 N–H and O–H groups in total. The van der Waals surface area contributed by atoms with E-state index in [1.54, 1.807) is 13.0 Å². The fourth-order valence-electron chi connectivity index (χ4n) is 1.81. The van der Waals surface area contributed by atoms with Gasteiger partial charge in [0.1, 0.15) is 11.4 Å². The first-order valence-corrected chi connectivity index (χ1v) is 6.00. The molecule has 0 radical (unpaired) electrons. The van der Waals surface area contributed by atoms with Crippen LogP contribution in [0, 0.1) is 22.9 Å². The first-order valence-electron chi connectivity index (χ1n) is 6.00. The van der Waals surface area contributed by atoms with Gasteiger partial charge in [-0.05, 0) is 36.8 Å². The van der Waals surface area contributed by atoms with Crippen LogP contribution in [0.4, 0.5) is 21.5 Å². The van der Waals surface area contributed by atoms with Crippen molar-refractivity contribution < 1.29 is 14.1 Å². The number of amides is 1. The fourth-order valence-corrected chi connectivity index (χ4v) is 1.81. The number of carbonyl (C=O) groups excluding carboxylic acids is 1. The van der Waals surface area contributed by atoms with E-state index in [4.69, 9.17) is 5.73 Å². The Labute approximate surface area is 119 Å². The number of benzene rings is 2. The van der Waals surface area contributed by atoms with Gasteiger partial charge in [0.25, 0.3) is 11.6 Å². The molecule has 108 valence electrons. The quantitative estimate of drug-likeness (QED) is 0.515. The predicted octanol–water partition coefficient (Wildman–Crippen LogP) is 2.88. The van der Waals surface area contributed by atoms with E-state index in [9.17, 15) is 19.3 Å². The number of nitro benzene ring substituents is 1. The maximum Gasteiger partial charge on any atom is 0.282 e. The molecule has 0 aliphatic rings. The SMILES string of the molecule is Cc1ccc([N+](=O)[O-])c(C(=O)Nc2ccc(F)c(N)c2)c1. The van der Waals surface area contributed by atoms with Crippen molar-refractivity contribution in [3.8, 4) is 0 Å². The highest BCUT2D eigenvalue weighted by Gasteiger charge is 2.20. The number of rotatable bonds is 3. The van der Waals surface area contributed by atoms with Gasteiger partial charge in [0, 0.05) is 11.8 Å². The number of nitrogens with one attached hydrogen (secondary N) is 1. The molecule has 2 aromatic rings. The zero-order valence-electron chi connectivity index (χ0n) is 11.1. The Bertz CT molecular complexity index is 731. The minimum atomic E-state index is -0.656. The summed E-state index contributed by atoms with van der Waals surface area (Å²) >= 11 is 0. The summed E-state index contributed by atoms with van der Waals surface area (Å²) in [6.45, 7) is 1.72. The number of carbonyl (C=O) groups is 1. The van der Waals surface area contributed by atoms with Gasteiger partial charge >= 0.3 is 0 Å². The molecule has 0 spiro atoms. The number of aryl methyl sites for hydroxylation is 1. The number of anilines is 2. The average Bonchev–Trinajstić information content (AvgIpc) is 2.42. The molecule has 1 amide bonds. The summed E-state index contributed by atoms with van der Waals surface area (Å²) in [5.74, 6) is -1.26. The van der Waals surface area contributed by atoms with E-state index in [1.165, 1.54) is 24.3 Å². The molecule has 2 rings (SSSR count). The summed E-state index contributed by atoms with van der Waals surface area (Å²) in [6, 6.07) is 7.91. The van der Waals surface area contributed by atoms with Crippen molar-refractivity contribution in [3.63, 3.8) is 0 Å². The lowest BCUT2D eigenvalue weighted by atomic mass is 10.1. The van der Waals surface area contributed by atoms with Crippen LogP contribution in [0.1, 0.15) is 15.9 Å². The van der Waals surface area contributed by atoms with Crippen LogP contribution in [0.3, 0.4) is 0 Å². The minimum absolute atomic E-state index is 0.0668. The van der Waals surface area contributed by atoms with Crippen molar-refractivity contribution in [2.45, 2.75) is 6.92 Å². The van der Waals surface area contributed by atoms with Gasteiger partial charge in [0.15, 0.2) is 0 Å². The lowest BCUT2D eigenvalue weighted by Gasteiger charge is -2.07. The van der Waals surface area contributed by atoms with Crippen molar-refractivity contribution >= 4 is 23.0 Å². The average molecular weight is 289 g/mol. The van der Waals surface area contributed by atoms with Crippen LogP contribution < -0.4 is 11.1 Å². The van der Waals surface area contributed by atoms with Crippen molar-refractivity contribution in [3.05, 3.63) is 63.5 Å². The number of hydrogen-bond donors (Lipinski definition) is 2. The van der Waals surface area contributed by atoms with E-state index in [0.717, 1.165) is 6.07 Å². The van der Waals surface area contributed by atoms with Gasteiger partial charge in [0.2, 0.25) is 0 Å². The second kappa shape index (κ2) is 5.58. The van der Waals surface area contributed by atoms with Crippen LogP contribution in [0.2, 0.25) is 0 Å². The van der Waals surface area contributed by atoms with Gasteiger partial charge in [0.05, 0.1) is 10.6 Å². The summed E-state index contributed by atoms with van der Waals surface area (Å²) in [7, 11) is 0. The molecular weight excluding hydrogens is 277 g/mol. The molecule has 0 saturated carbocycles. The van der Waals surface area contributed by atoms with E-state index in [0.29, 0.717) is 5.56 Å². The number of halogens is 1. The Balaban J connectivity index is 2.34. The number of nitrogens with zero attached hydrogens (tertiary/aromatic N) is 1. The van der Waals surface area contributed by atoms with Crippen molar-refractivity contribution in [1.29, 1.82) is 0 Å². The van der Waals surface area contributed by atoms with Crippen LogP contribution in [-0.4, -0.2) is 10.8 Å². The van der Waals surface area contributed by atoms with E-state index in [2.05, 4.69) is 5.32 Å². The number of hydrogen-bond acceptors (Lipinski definition) is 4. The van der Waals surface area contributed by atoms with Crippen LogP contribution in [-0.2, 0) is 0 Å². The van der Waals surface area contributed by atoms with Crippen molar-refractivity contribution in [1.82, 2.24) is 0 Å². The molecule has 0 atom stereocenters. The van der Waals surface area contributed by atoms with E-state index >= 15 is 0 Å². The van der Waals surface area contributed by atoms with Gasteiger partial charge in [-0.1, -0.05) is 6.07 Å². The maximum absolute atomic E-state index is 13.1. The largest absolute Gasteiger partial charge is 0.396 e. The van der Waals surface area contributed by atoms with Crippen LogP contribution in [0.5, 0.6) is 0 Å². The first kappa shape index (κ1) is 14.4. The lowest BCUT2D eigenvalue weighted by molar-refractivity contribution is -0.385. The molecule has 0 fully saturated rings. The molecule has 0 heterocycles. The second-order valence-corrected chi connectivity index (χ2v) is 4.47. The Morgan fingerprint density at radius 1 is 1.29 bits per heavy atom. The Hall–Kier alpha value is -2.96. The summed E-state index contributed by atoms with van der Waals surface area (Å²) in [4.78, 5) is 22.5. The van der Waals surface area contributed by atoms with E-state index in [1.807, 2.05) is 0 Å². The normalized spacial score (nSPS) is 10.2. The van der Waals surface area contributed by atoms with Crippen molar-refractivity contribution in [2.24, 2.45) is 0 Å². The Morgan fingerprint density at radius 3 is 2.62 bits per heavy atom. The second-order valence-electron chi connectivity index (χ2n) is 4.47. The lowest BCUT2D eigenvalue weighted by Crippen LogP contribution is -2.14. The third kappa shape index (κ3) is 3.14. The fraction of sp³-hybridized carbons (Fsp3) is 0.0714. The van der Waals surface area contributed by atoms with Gasteiger partial charge < -0.3 is 11.1 Å². The van der Waals surface area contributed by atoms with Crippen molar-refractivity contribution in [2.75, 3.05) is 11.1 Å². The highest BCUT2D eigenvalue weighted by molar-refractivity contribution is 6.07. The molecule has 0 bridgehead atoms. The summed E-state index contributed by atoms with van der Waals surface area (Å²) in [5, 5.41) is 13.4. The van der Waals surface area contributed by atoms with Gasteiger partial charge in [-0.25, -0.2) is 4.39 Å². The monoisotopic (exact) mass is 289 g/mol. The third-order valence-electron chi connectivity index (χ3n) is 2.85. The van der Waals surface area contributed by atoms with Gasteiger partial charge in [-0.15, -0.1) is 0 Å². The topological polar surface area (TPSA) is 98.3 Å². The molecular formula is C14H12FN3O3. The smallest absolute Gasteiger partial charge is 0.282 e. The molecule has 0 aliphatic carbocycles.